The molecule has 2 nitrogen and oxygen atoms in total. The zero-order valence-corrected chi connectivity index (χ0v) is 3.79. The Kier molecular flexibility index (Phi) is 3.91. The molecule has 0 rings (SSSR count). The van der Waals surface area contributed by atoms with Gasteiger partial charge in [0.05, 0.1) is 0 Å². The van der Waals surface area contributed by atoms with Gasteiger partial charge in [-0.15, -0.1) is 4.91 Å². The van der Waals surface area contributed by atoms with E-state index < -0.39 is 0 Å². The lowest BCUT2D eigenvalue weighted by atomic mass is 11.0. The van der Waals surface area contributed by atoms with Gasteiger partial charge in [-0.3, -0.25) is 0 Å². The molecular formula is C2H5NOS. The monoisotopic (exact) mass is 91.0 g/mol. The van der Waals surface area contributed by atoms with Crippen molar-refractivity contribution in [1.82, 2.24) is 0 Å². The van der Waals surface area contributed by atoms with E-state index in [-0.39, 0.29) is 0 Å². The highest BCUT2D eigenvalue weighted by atomic mass is 32.2. The summed E-state index contributed by atoms with van der Waals surface area (Å²) in [6, 6.07) is 0. The Balaban J connectivity index is 2.40. The first kappa shape index (κ1) is 4.95. The summed E-state index contributed by atoms with van der Waals surface area (Å²) in [6.45, 7) is 1.88. The van der Waals surface area contributed by atoms with Crippen LogP contribution in [0.1, 0.15) is 6.92 Å². The highest BCUT2D eigenvalue weighted by Gasteiger charge is 1.67. The standard InChI is InChI=1S/C2H5NOS/c1-2-5-3-4/h2H2,1H3. The normalized spacial score (nSPS) is 7.40. The van der Waals surface area contributed by atoms with Gasteiger partial charge in [0, 0.05) is 22.3 Å². The highest BCUT2D eigenvalue weighted by Crippen LogP contribution is 1.95. The first-order valence-electron chi connectivity index (χ1n) is 1.36. The quantitative estimate of drug-likeness (QED) is 0.380. The summed E-state index contributed by atoms with van der Waals surface area (Å²) in [5, 5.41) is 0. The zero-order chi connectivity index (χ0) is 4.12. The molecule has 3 heteroatoms. The van der Waals surface area contributed by atoms with Crippen LogP contribution >= 0.6 is 11.9 Å². The molecule has 0 aromatic rings. The van der Waals surface area contributed by atoms with E-state index in [1.807, 2.05) is 6.92 Å². The average molecular weight is 91.1 g/mol. The van der Waals surface area contributed by atoms with Gasteiger partial charge in [0.25, 0.3) is 0 Å². The molecule has 0 saturated heterocycles. The van der Waals surface area contributed by atoms with Crippen molar-refractivity contribution in [3.05, 3.63) is 4.91 Å². The van der Waals surface area contributed by atoms with Gasteiger partial charge in [-0.05, 0) is 0 Å². The van der Waals surface area contributed by atoms with Gasteiger partial charge in [0.2, 0.25) is 0 Å². The number of hydrogen-bond donors (Lipinski definition) is 0. The molecule has 0 aliphatic rings. The summed E-state index contributed by atoms with van der Waals surface area (Å²) in [4.78, 5) is 9.12. The molecule has 0 spiro atoms. The van der Waals surface area contributed by atoms with Gasteiger partial charge in [-0.25, -0.2) is 0 Å². The molecule has 0 N–H and O–H groups in total. The van der Waals surface area contributed by atoms with Crippen molar-refractivity contribution in [2.24, 2.45) is 4.58 Å². The Hall–Kier alpha value is -0.0500. The summed E-state index contributed by atoms with van der Waals surface area (Å²) >= 11 is 1.03. The van der Waals surface area contributed by atoms with Crippen LogP contribution in [-0.2, 0) is 0 Å². The number of rotatable bonds is 2. The maximum absolute atomic E-state index is 9.12. The summed E-state index contributed by atoms with van der Waals surface area (Å²) in [7, 11) is 0. The third kappa shape index (κ3) is 3.95. The maximum atomic E-state index is 9.12. The minimum absolute atomic E-state index is 0.781. The lowest BCUT2D eigenvalue weighted by molar-refractivity contribution is 1.52. The highest BCUT2D eigenvalue weighted by molar-refractivity contribution is 7.97. The van der Waals surface area contributed by atoms with Crippen LogP contribution in [-0.4, -0.2) is 5.75 Å². The van der Waals surface area contributed by atoms with Gasteiger partial charge < -0.3 is 0 Å². The molecule has 0 fully saturated rings. The van der Waals surface area contributed by atoms with Crippen molar-refractivity contribution in [2.75, 3.05) is 5.75 Å². The van der Waals surface area contributed by atoms with Crippen molar-refractivity contribution in [2.45, 2.75) is 6.92 Å². The SMILES string of the molecule is CCSN=O. The first-order valence-corrected chi connectivity index (χ1v) is 2.30. The van der Waals surface area contributed by atoms with Gasteiger partial charge in [-0.2, -0.15) is 0 Å². The van der Waals surface area contributed by atoms with Crippen LogP contribution < -0.4 is 0 Å². The van der Waals surface area contributed by atoms with Crippen molar-refractivity contribution in [3.63, 3.8) is 0 Å². The molecule has 0 atom stereocenters. The van der Waals surface area contributed by atoms with E-state index in [2.05, 4.69) is 4.58 Å². The number of nitrogens with zero attached hydrogens (tertiary/aromatic N) is 1. The number of nitroso groups, excluding NO2 is 1. The van der Waals surface area contributed by atoms with Crippen LogP contribution in [0.4, 0.5) is 0 Å². The topological polar surface area (TPSA) is 29.4 Å². The molecule has 5 heavy (non-hydrogen) atoms. The van der Waals surface area contributed by atoms with E-state index in [0.717, 1.165) is 17.7 Å². The predicted octanol–water partition coefficient (Wildman–Crippen LogP) is 1.42. The van der Waals surface area contributed by atoms with Crippen LogP contribution in [0.25, 0.3) is 0 Å². The number of hydrogen-bond acceptors (Lipinski definition) is 3. The van der Waals surface area contributed by atoms with E-state index in [9.17, 15) is 0 Å². The fourth-order valence-electron chi connectivity index (χ4n) is 0.0527. The second-order valence-electron chi connectivity index (χ2n) is 0.492. The van der Waals surface area contributed by atoms with Crippen molar-refractivity contribution < 1.29 is 0 Å². The third-order valence-electron chi connectivity index (χ3n) is 0.182. The van der Waals surface area contributed by atoms with Crippen molar-refractivity contribution >= 4 is 11.9 Å². The van der Waals surface area contributed by atoms with Crippen molar-refractivity contribution in [3.8, 4) is 0 Å². The molecular weight excluding hydrogens is 86.1 g/mol. The summed E-state index contributed by atoms with van der Waals surface area (Å²) in [5.74, 6) is 0.781. The van der Waals surface area contributed by atoms with Crippen molar-refractivity contribution in [1.29, 1.82) is 0 Å². The van der Waals surface area contributed by atoms with Crippen LogP contribution in [0.3, 0.4) is 0 Å². The molecule has 0 radical (unpaired) electrons. The average Bonchev–Trinajstić information content (AvgIpc) is 1.41. The zero-order valence-electron chi connectivity index (χ0n) is 2.97. The molecule has 0 aliphatic heterocycles. The summed E-state index contributed by atoms with van der Waals surface area (Å²) in [6.07, 6.45) is 0. The lowest BCUT2D eigenvalue weighted by Crippen LogP contribution is -1.51. The van der Waals surface area contributed by atoms with Gasteiger partial charge in [0.1, 0.15) is 0 Å². The predicted molar refractivity (Wildman–Crippen MR) is 23.9 cm³/mol. The lowest BCUT2D eigenvalue weighted by Gasteiger charge is -1.67. The van der Waals surface area contributed by atoms with E-state index in [1.165, 1.54) is 0 Å². The molecule has 0 bridgehead atoms. The summed E-state index contributed by atoms with van der Waals surface area (Å²) in [5.41, 5.74) is 0. The molecule has 0 heterocycles. The molecule has 0 saturated carbocycles. The minimum atomic E-state index is 0.781. The second kappa shape index (κ2) is 3.95. The Morgan fingerprint density at radius 3 is 2.60 bits per heavy atom. The van der Waals surface area contributed by atoms with Gasteiger partial charge in [-0.1, -0.05) is 6.92 Å². The second-order valence-corrected chi connectivity index (χ2v) is 1.48. The fraction of sp³-hybridized carbons (Fsp3) is 1.00. The molecule has 0 aromatic carbocycles. The van der Waals surface area contributed by atoms with E-state index in [0.29, 0.717) is 0 Å². The third-order valence-corrected chi connectivity index (χ3v) is 0.545. The maximum Gasteiger partial charge on any atom is 0.0200 e. The van der Waals surface area contributed by atoms with Crippen LogP contribution in [0.15, 0.2) is 4.58 Å². The largest absolute Gasteiger partial charge is 0.137 e. The molecule has 30 valence electrons. The Labute approximate surface area is 35.1 Å². The molecule has 0 unspecified atom stereocenters. The van der Waals surface area contributed by atoms with E-state index in [1.54, 1.807) is 0 Å². The molecule has 0 amide bonds. The minimum Gasteiger partial charge on any atom is -0.137 e. The van der Waals surface area contributed by atoms with Crippen LogP contribution in [0.2, 0.25) is 0 Å². The summed E-state index contributed by atoms with van der Waals surface area (Å²) < 4.78 is 2.52. The fourth-order valence-corrected chi connectivity index (χ4v) is 0.158. The Morgan fingerprint density at radius 2 is 2.60 bits per heavy atom. The van der Waals surface area contributed by atoms with E-state index in [4.69, 9.17) is 4.91 Å². The van der Waals surface area contributed by atoms with E-state index >= 15 is 0 Å². The molecule has 0 aliphatic carbocycles. The first-order chi connectivity index (χ1) is 2.41. The Bertz CT molecular complexity index is 30.8. The van der Waals surface area contributed by atoms with Gasteiger partial charge in [0.15, 0.2) is 0 Å². The van der Waals surface area contributed by atoms with Crippen LogP contribution in [0, 0.1) is 4.91 Å². The smallest absolute Gasteiger partial charge is 0.0200 e. The Morgan fingerprint density at radius 1 is 2.00 bits per heavy atom. The van der Waals surface area contributed by atoms with Crippen LogP contribution in [0.5, 0.6) is 0 Å². The van der Waals surface area contributed by atoms with Gasteiger partial charge >= 0.3 is 0 Å². The molecule has 0 aromatic heterocycles.